The van der Waals surface area contributed by atoms with Crippen LogP contribution in [-0.2, 0) is 4.79 Å². The zero-order valence-corrected chi connectivity index (χ0v) is 11.5. The molecule has 0 aliphatic carbocycles. The molecule has 0 saturated carbocycles. The first-order valence-corrected chi connectivity index (χ1v) is 6.83. The van der Waals surface area contributed by atoms with Crippen LogP contribution in [0.3, 0.4) is 0 Å². The smallest absolute Gasteiger partial charge is 0.309 e. The van der Waals surface area contributed by atoms with Gasteiger partial charge in [-0.3, -0.25) is 4.79 Å². The van der Waals surface area contributed by atoms with Crippen LogP contribution in [0.25, 0.3) is 0 Å². The molecule has 0 spiro atoms. The second-order valence-corrected chi connectivity index (χ2v) is 6.13. The second-order valence-electron chi connectivity index (χ2n) is 4.96. The summed E-state index contributed by atoms with van der Waals surface area (Å²) in [5.74, 6) is 0.262. The fraction of sp³-hybridized carbons (Fsp3) is 0.500. The Balaban J connectivity index is 2.32. The van der Waals surface area contributed by atoms with E-state index in [0.717, 1.165) is 18.6 Å². The van der Waals surface area contributed by atoms with Crippen LogP contribution in [0.1, 0.15) is 32.3 Å². The summed E-state index contributed by atoms with van der Waals surface area (Å²) < 4.78 is 0. The molecule has 2 nitrogen and oxygen atoms in total. The van der Waals surface area contributed by atoms with Crippen LogP contribution in [0.15, 0.2) is 29.2 Å². The van der Waals surface area contributed by atoms with Gasteiger partial charge in [0.15, 0.2) is 0 Å². The number of carbonyl (C=O) groups is 1. The average molecular weight is 252 g/mol. The number of hydrogen-bond acceptors (Lipinski definition) is 2. The highest BCUT2D eigenvalue weighted by Crippen LogP contribution is 2.26. The van der Waals surface area contributed by atoms with Crippen LogP contribution in [0.5, 0.6) is 0 Å². The molecule has 0 bridgehead atoms. The van der Waals surface area contributed by atoms with E-state index in [1.807, 2.05) is 0 Å². The molecule has 17 heavy (non-hydrogen) atoms. The molecule has 0 fully saturated rings. The summed E-state index contributed by atoms with van der Waals surface area (Å²) in [6.45, 7) is 5.65. The summed E-state index contributed by atoms with van der Waals surface area (Å²) in [6.07, 6.45) is 1.65. The largest absolute Gasteiger partial charge is 0.481 e. The number of hydrogen-bond donors (Lipinski definition) is 1. The third-order valence-electron chi connectivity index (χ3n) is 2.78. The van der Waals surface area contributed by atoms with Crippen molar-refractivity contribution < 1.29 is 9.90 Å². The van der Waals surface area contributed by atoms with Crippen molar-refractivity contribution in [3.8, 4) is 0 Å². The number of benzene rings is 1. The van der Waals surface area contributed by atoms with Crippen molar-refractivity contribution in [2.45, 2.75) is 38.5 Å². The molecule has 0 aliphatic rings. The molecule has 1 aromatic rings. The summed E-state index contributed by atoms with van der Waals surface area (Å²) >= 11 is 1.79. The lowest BCUT2D eigenvalue weighted by atomic mass is 9.88. The van der Waals surface area contributed by atoms with E-state index in [0.29, 0.717) is 0 Å². The predicted molar refractivity (Wildman–Crippen MR) is 72.6 cm³/mol. The van der Waals surface area contributed by atoms with Crippen LogP contribution in [0.4, 0.5) is 0 Å². The fourth-order valence-electron chi connectivity index (χ4n) is 1.52. The Bertz CT molecular complexity index is 386. The average Bonchev–Trinajstić information content (AvgIpc) is 2.24. The molecule has 0 aromatic heterocycles. The first-order valence-electron chi connectivity index (χ1n) is 5.85. The first kappa shape index (κ1) is 14.1. The van der Waals surface area contributed by atoms with Crippen molar-refractivity contribution in [2.75, 3.05) is 5.75 Å². The Morgan fingerprint density at radius 2 is 2.12 bits per heavy atom. The maximum Gasteiger partial charge on any atom is 0.309 e. The molecule has 1 N–H and O–H groups in total. The lowest BCUT2D eigenvalue weighted by Crippen LogP contribution is -2.23. The van der Waals surface area contributed by atoms with E-state index in [4.69, 9.17) is 5.11 Å². The lowest BCUT2D eigenvalue weighted by molar-refractivity contribution is -0.147. The normalized spacial score (nSPS) is 11.5. The number of thioether (sulfide) groups is 1. The number of carboxylic acid groups (broad SMARTS) is 1. The molecule has 3 heteroatoms. The minimum Gasteiger partial charge on any atom is -0.481 e. The van der Waals surface area contributed by atoms with Gasteiger partial charge in [0.2, 0.25) is 0 Å². The SMILES string of the molecule is Cc1cccc(SCCCC(C)(C)C(=O)O)c1. The van der Waals surface area contributed by atoms with E-state index in [1.54, 1.807) is 25.6 Å². The maximum absolute atomic E-state index is 10.9. The van der Waals surface area contributed by atoms with E-state index < -0.39 is 11.4 Å². The summed E-state index contributed by atoms with van der Waals surface area (Å²) in [7, 11) is 0. The summed E-state index contributed by atoms with van der Waals surface area (Å²) in [6, 6.07) is 8.39. The van der Waals surface area contributed by atoms with E-state index in [9.17, 15) is 4.79 Å². The van der Waals surface area contributed by atoms with Crippen LogP contribution >= 0.6 is 11.8 Å². The Kier molecular flexibility index (Phi) is 5.06. The molecule has 1 aromatic carbocycles. The van der Waals surface area contributed by atoms with Crippen LogP contribution < -0.4 is 0 Å². The van der Waals surface area contributed by atoms with Crippen molar-refractivity contribution in [3.05, 3.63) is 29.8 Å². The molecule has 0 heterocycles. The Hall–Kier alpha value is -0.960. The number of carboxylic acids is 1. The van der Waals surface area contributed by atoms with Gasteiger partial charge in [0.1, 0.15) is 0 Å². The molecule has 0 radical (unpaired) electrons. The Morgan fingerprint density at radius 3 is 2.71 bits per heavy atom. The highest BCUT2D eigenvalue weighted by molar-refractivity contribution is 7.99. The highest BCUT2D eigenvalue weighted by Gasteiger charge is 2.25. The van der Waals surface area contributed by atoms with Crippen LogP contribution in [0, 0.1) is 12.3 Å². The van der Waals surface area contributed by atoms with E-state index in [1.165, 1.54) is 10.5 Å². The summed E-state index contributed by atoms with van der Waals surface area (Å²) in [5.41, 5.74) is 0.661. The minimum atomic E-state index is -0.710. The maximum atomic E-state index is 10.9. The quantitative estimate of drug-likeness (QED) is 0.614. The van der Waals surface area contributed by atoms with Crippen LogP contribution in [-0.4, -0.2) is 16.8 Å². The molecular weight excluding hydrogens is 232 g/mol. The first-order chi connectivity index (χ1) is 7.92. The van der Waals surface area contributed by atoms with Crippen molar-refractivity contribution in [1.82, 2.24) is 0 Å². The number of aliphatic carboxylic acids is 1. The fourth-order valence-corrected chi connectivity index (χ4v) is 2.48. The van der Waals surface area contributed by atoms with Gasteiger partial charge in [-0.2, -0.15) is 0 Å². The lowest BCUT2D eigenvalue weighted by Gasteiger charge is -2.18. The van der Waals surface area contributed by atoms with Gasteiger partial charge < -0.3 is 5.11 Å². The molecule has 0 aliphatic heterocycles. The Labute approximate surface area is 107 Å². The van der Waals surface area contributed by atoms with Gasteiger partial charge in [0, 0.05) is 4.90 Å². The van der Waals surface area contributed by atoms with Crippen LogP contribution in [0.2, 0.25) is 0 Å². The monoisotopic (exact) mass is 252 g/mol. The second kappa shape index (κ2) is 6.10. The van der Waals surface area contributed by atoms with Gasteiger partial charge in [-0.15, -0.1) is 11.8 Å². The van der Waals surface area contributed by atoms with Gasteiger partial charge in [-0.25, -0.2) is 0 Å². The molecule has 0 atom stereocenters. The van der Waals surface area contributed by atoms with Crippen molar-refractivity contribution in [1.29, 1.82) is 0 Å². The number of aryl methyl sites for hydroxylation is 1. The van der Waals surface area contributed by atoms with Gasteiger partial charge in [-0.1, -0.05) is 17.7 Å². The standard InChI is InChI=1S/C14H20O2S/c1-11-6-4-7-12(10-11)17-9-5-8-14(2,3)13(15)16/h4,6-7,10H,5,8-9H2,1-3H3,(H,15,16). The van der Waals surface area contributed by atoms with E-state index >= 15 is 0 Å². The third kappa shape index (κ3) is 4.82. The van der Waals surface area contributed by atoms with Crippen molar-refractivity contribution in [3.63, 3.8) is 0 Å². The highest BCUT2D eigenvalue weighted by atomic mass is 32.2. The van der Waals surface area contributed by atoms with E-state index in [2.05, 4.69) is 31.2 Å². The summed E-state index contributed by atoms with van der Waals surface area (Å²) in [4.78, 5) is 12.2. The topological polar surface area (TPSA) is 37.3 Å². The molecule has 0 amide bonds. The molecule has 94 valence electrons. The molecule has 0 saturated heterocycles. The number of rotatable bonds is 6. The molecular formula is C14H20O2S. The molecule has 0 unspecified atom stereocenters. The van der Waals surface area contributed by atoms with Gasteiger partial charge in [0.05, 0.1) is 5.41 Å². The predicted octanol–water partition coefficient (Wildman–Crippen LogP) is 3.98. The molecule has 1 rings (SSSR count). The van der Waals surface area contributed by atoms with Crippen molar-refractivity contribution in [2.24, 2.45) is 5.41 Å². The zero-order chi connectivity index (χ0) is 12.9. The zero-order valence-electron chi connectivity index (χ0n) is 10.7. The van der Waals surface area contributed by atoms with Gasteiger partial charge in [0.25, 0.3) is 0 Å². The van der Waals surface area contributed by atoms with E-state index in [-0.39, 0.29) is 0 Å². The third-order valence-corrected chi connectivity index (χ3v) is 3.86. The minimum absolute atomic E-state index is 0.604. The van der Waals surface area contributed by atoms with Crippen molar-refractivity contribution >= 4 is 17.7 Å². The van der Waals surface area contributed by atoms with Gasteiger partial charge in [-0.05, 0) is 51.5 Å². The summed E-state index contributed by atoms with van der Waals surface area (Å²) in [5, 5.41) is 8.99. The van der Waals surface area contributed by atoms with Gasteiger partial charge >= 0.3 is 5.97 Å². The Morgan fingerprint density at radius 1 is 1.41 bits per heavy atom.